The van der Waals surface area contributed by atoms with Crippen molar-refractivity contribution in [1.82, 2.24) is 10.0 Å². The first-order valence-electron chi connectivity index (χ1n) is 11.0. The van der Waals surface area contributed by atoms with E-state index >= 15 is 0 Å². The van der Waals surface area contributed by atoms with Gasteiger partial charge in [-0.15, -0.1) is 0 Å². The van der Waals surface area contributed by atoms with Crippen LogP contribution in [0.3, 0.4) is 0 Å². The third-order valence-corrected chi connectivity index (χ3v) is 5.40. The summed E-state index contributed by atoms with van der Waals surface area (Å²) >= 11 is 0. The molecule has 30 heavy (non-hydrogen) atoms. The first-order chi connectivity index (χ1) is 14.5. The topological polar surface area (TPSA) is 42.0 Å². The summed E-state index contributed by atoms with van der Waals surface area (Å²) in [7, 11) is 0. The highest BCUT2D eigenvalue weighted by Crippen LogP contribution is 2.29. The van der Waals surface area contributed by atoms with E-state index in [0.29, 0.717) is 23.8 Å². The molecule has 1 fully saturated rings. The monoisotopic (exact) mass is 410 g/mol. The Morgan fingerprint density at radius 1 is 1.00 bits per heavy atom. The minimum absolute atomic E-state index is 0.131. The van der Waals surface area contributed by atoms with Crippen LogP contribution in [-0.2, 0) is 17.8 Å². The molecule has 0 aliphatic carbocycles. The molecule has 2 aromatic carbocycles. The number of hydrogen-bond donors (Lipinski definition) is 0. The van der Waals surface area contributed by atoms with Crippen LogP contribution in [-0.4, -0.2) is 48.3 Å². The van der Waals surface area contributed by atoms with E-state index in [1.54, 1.807) is 0 Å². The van der Waals surface area contributed by atoms with Crippen LogP contribution >= 0.6 is 0 Å². The number of esters is 1. The van der Waals surface area contributed by atoms with Crippen molar-refractivity contribution >= 4 is 5.97 Å². The molecule has 0 radical (unpaired) electrons. The van der Waals surface area contributed by atoms with Gasteiger partial charge in [-0.1, -0.05) is 70.2 Å². The third-order valence-electron chi connectivity index (χ3n) is 5.40. The largest absolute Gasteiger partial charge is 0.488 e. The van der Waals surface area contributed by atoms with E-state index in [0.717, 1.165) is 43.7 Å². The van der Waals surface area contributed by atoms with E-state index in [1.165, 1.54) is 0 Å². The maximum absolute atomic E-state index is 13.1. The van der Waals surface area contributed by atoms with Crippen molar-refractivity contribution in [3.05, 3.63) is 65.2 Å². The average molecular weight is 411 g/mol. The third kappa shape index (κ3) is 5.61. The van der Waals surface area contributed by atoms with E-state index in [1.807, 2.05) is 48.5 Å². The smallest absolute Gasteiger partial charge is 0.342 e. The van der Waals surface area contributed by atoms with Gasteiger partial charge in [0.05, 0.1) is 13.1 Å². The summed E-state index contributed by atoms with van der Waals surface area (Å²) in [6.07, 6.45) is 0.718. The van der Waals surface area contributed by atoms with Gasteiger partial charge in [0.25, 0.3) is 0 Å². The maximum Gasteiger partial charge on any atom is 0.342 e. The van der Waals surface area contributed by atoms with Crippen molar-refractivity contribution in [1.29, 1.82) is 0 Å². The molecule has 0 unspecified atom stereocenters. The second-order valence-electron chi connectivity index (χ2n) is 8.20. The van der Waals surface area contributed by atoms with E-state index in [-0.39, 0.29) is 12.1 Å². The highest BCUT2D eigenvalue weighted by atomic mass is 16.5. The minimum atomic E-state index is -0.303. The quantitative estimate of drug-likeness (QED) is 0.567. The Morgan fingerprint density at radius 3 is 2.27 bits per heavy atom. The molecule has 0 amide bonds. The van der Waals surface area contributed by atoms with Gasteiger partial charge in [0, 0.05) is 13.1 Å². The molecular weight excluding hydrogens is 376 g/mol. The minimum Gasteiger partial charge on any atom is -0.488 e. The van der Waals surface area contributed by atoms with Gasteiger partial charge in [0.15, 0.2) is 0 Å². The molecule has 2 aromatic rings. The summed E-state index contributed by atoms with van der Waals surface area (Å²) < 4.78 is 12.1. The molecule has 5 heteroatoms. The van der Waals surface area contributed by atoms with Gasteiger partial charge in [0.1, 0.15) is 24.0 Å². The molecule has 1 saturated heterocycles. The van der Waals surface area contributed by atoms with E-state index in [4.69, 9.17) is 9.47 Å². The van der Waals surface area contributed by atoms with E-state index in [2.05, 4.69) is 37.7 Å². The van der Waals surface area contributed by atoms with Crippen LogP contribution < -0.4 is 4.74 Å². The molecular formula is C25H34N2O3. The van der Waals surface area contributed by atoms with Crippen LogP contribution in [0.1, 0.15) is 49.2 Å². The van der Waals surface area contributed by atoms with Crippen molar-refractivity contribution in [3.63, 3.8) is 0 Å². The Bertz CT molecular complexity index is 810. The Kier molecular flexibility index (Phi) is 7.88. The highest BCUT2D eigenvalue weighted by Gasteiger charge is 2.31. The predicted octanol–water partition coefficient (Wildman–Crippen LogP) is 4.56. The van der Waals surface area contributed by atoms with Gasteiger partial charge >= 0.3 is 5.97 Å². The SMILES string of the molecule is CCN1CC(OC(=O)c2cccc(CC(C)C)c2OCc2ccccc2)CN1CC. The molecule has 0 spiro atoms. The first kappa shape index (κ1) is 22.3. The van der Waals surface area contributed by atoms with Gasteiger partial charge in [-0.25, -0.2) is 14.8 Å². The number of hydrazine groups is 1. The van der Waals surface area contributed by atoms with Gasteiger partial charge in [-0.2, -0.15) is 0 Å². The highest BCUT2D eigenvalue weighted by molar-refractivity contribution is 5.93. The molecule has 162 valence electrons. The molecule has 1 aliphatic heterocycles. The second-order valence-corrected chi connectivity index (χ2v) is 8.20. The molecule has 5 nitrogen and oxygen atoms in total. The number of nitrogens with zero attached hydrogens (tertiary/aromatic N) is 2. The van der Waals surface area contributed by atoms with Gasteiger partial charge < -0.3 is 9.47 Å². The fourth-order valence-electron chi connectivity index (χ4n) is 3.95. The number of ether oxygens (including phenoxy) is 2. The number of para-hydroxylation sites is 1. The zero-order valence-electron chi connectivity index (χ0n) is 18.6. The van der Waals surface area contributed by atoms with Gasteiger partial charge in [0.2, 0.25) is 0 Å². The molecule has 0 atom stereocenters. The van der Waals surface area contributed by atoms with Crippen molar-refractivity contribution in [3.8, 4) is 5.75 Å². The number of likely N-dealkylation sites (N-methyl/N-ethyl adjacent to an activating group) is 2. The lowest BCUT2D eigenvalue weighted by molar-refractivity contribution is 0.0340. The Hall–Kier alpha value is -2.37. The summed E-state index contributed by atoms with van der Waals surface area (Å²) in [5, 5.41) is 4.47. The van der Waals surface area contributed by atoms with E-state index in [9.17, 15) is 4.79 Å². The van der Waals surface area contributed by atoms with Crippen LogP contribution in [0.2, 0.25) is 0 Å². The Morgan fingerprint density at radius 2 is 1.67 bits per heavy atom. The number of carbonyl (C=O) groups is 1. The Labute approximate surface area is 180 Å². The molecule has 3 rings (SSSR count). The zero-order chi connectivity index (χ0) is 21.5. The lowest BCUT2D eigenvalue weighted by Crippen LogP contribution is -2.35. The molecule has 1 aliphatic rings. The molecule has 0 bridgehead atoms. The molecule has 0 aromatic heterocycles. The maximum atomic E-state index is 13.1. The van der Waals surface area contributed by atoms with Crippen molar-refractivity contribution in [2.24, 2.45) is 5.92 Å². The fourth-order valence-corrected chi connectivity index (χ4v) is 3.95. The number of rotatable bonds is 9. The van der Waals surface area contributed by atoms with Crippen LogP contribution in [0.25, 0.3) is 0 Å². The number of carbonyl (C=O) groups excluding carboxylic acids is 1. The summed E-state index contributed by atoms with van der Waals surface area (Å²) in [4.78, 5) is 13.1. The predicted molar refractivity (Wildman–Crippen MR) is 119 cm³/mol. The molecule has 1 heterocycles. The fraction of sp³-hybridized carbons (Fsp3) is 0.480. The van der Waals surface area contributed by atoms with Crippen LogP contribution in [0.15, 0.2) is 48.5 Å². The second kappa shape index (κ2) is 10.6. The van der Waals surface area contributed by atoms with Crippen molar-refractivity contribution in [2.75, 3.05) is 26.2 Å². The van der Waals surface area contributed by atoms with Crippen LogP contribution in [0, 0.1) is 5.92 Å². The molecule has 0 saturated carbocycles. The standard InChI is InChI=1S/C25H34N2O3/c1-5-26-16-22(17-27(26)6-2)30-25(28)23-14-10-13-21(15-19(3)4)24(23)29-18-20-11-8-7-9-12-20/h7-14,19,22H,5-6,15-18H2,1-4H3. The van der Waals surface area contributed by atoms with Crippen molar-refractivity contribution in [2.45, 2.75) is 46.8 Å². The van der Waals surface area contributed by atoms with Gasteiger partial charge in [-0.3, -0.25) is 0 Å². The van der Waals surface area contributed by atoms with E-state index < -0.39 is 0 Å². The average Bonchev–Trinajstić information content (AvgIpc) is 3.14. The summed E-state index contributed by atoms with van der Waals surface area (Å²) in [5.74, 6) is 0.807. The Balaban J connectivity index is 1.79. The first-order valence-corrected chi connectivity index (χ1v) is 11.0. The summed E-state index contributed by atoms with van der Waals surface area (Å²) in [6.45, 7) is 12.3. The van der Waals surface area contributed by atoms with Crippen molar-refractivity contribution < 1.29 is 14.3 Å². The number of benzene rings is 2. The lowest BCUT2D eigenvalue weighted by Gasteiger charge is -2.23. The van der Waals surface area contributed by atoms with Gasteiger partial charge in [-0.05, 0) is 29.5 Å². The van der Waals surface area contributed by atoms with Crippen LogP contribution in [0.5, 0.6) is 5.75 Å². The normalized spacial score (nSPS) is 15.6. The lowest BCUT2D eigenvalue weighted by atomic mass is 9.99. The molecule has 0 N–H and O–H groups in total. The summed E-state index contributed by atoms with van der Waals surface area (Å²) in [5.41, 5.74) is 2.64. The van der Waals surface area contributed by atoms with Crippen LogP contribution in [0.4, 0.5) is 0 Å². The number of hydrogen-bond acceptors (Lipinski definition) is 5. The summed E-state index contributed by atoms with van der Waals surface area (Å²) in [6, 6.07) is 15.8. The zero-order valence-corrected chi connectivity index (χ0v) is 18.6.